The SMILES string of the molecule is CC(C)c1ccccc1Nc1nccc(C(=O)Nc2ccccc2)n1. The molecule has 0 unspecified atom stereocenters. The first kappa shape index (κ1) is 16.6. The minimum atomic E-state index is -0.270. The molecule has 126 valence electrons. The molecule has 5 nitrogen and oxygen atoms in total. The van der Waals surface area contributed by atoms with Crippen molar-refractivity contribution in [2.45, 2.75) is 19.8 Å². The molecule has 0 bridgehead atoms. The third kappa shape index (κ3) is 4.20. The monoisotopic (exact) mass is 332 g/mol. The van der Waals surface area contributed by atoms with Crippen molar-refractivity contribution in [2.75, 3.05) is 10.6 Å². The van der Waals surface area contributed by atoms with Gasteiger partial charge in [-0.15, -0.1) is 0 Å². The van der Waals surface area contributed by atoms with E-state index in [4.69, 9.17) is 0 Å². The zero-order valence-corrected chi connectivity index (χ0v) is 14.2. The first-order valence-corrected chi connectivity index (χ1v) is 8.19. The van der Waals surface area contributed by atoms with Crippen LogP contribution in [0, 0.1) is 0 Å². The number of nitrogens with zero attached hydrogens (tertiary/aromatic N) is 2. The fraction of sp³-hybridized carbons (Fsp3) is 0.150. The van der Waals surface area contributed by atoms with E-state index in [-0.39, 0.29) is 5.91 Å². The zero-order chi connectivity index (χ0) is 17.6. The van der Waals surface area contributed by atoms with Gasteiger partial charge in [0.1, 0.15) is 5.69 Å². The van der Waals surface area contributed by atoms with Crippen LogP contribution in [0.2, 0.25) is 0 Å². The molecule has 2 aromatic carbocycles. The van der Waals surface area contributed by atoms with Crippen molar-refractivity contribution in [1.29, 1.82) is 0 Å². The number of carbonyl (C=O) groups excluding carboxylic acids is 1. The molecule has 3 rings (SSSR count). The van der Waals surface area contributed by atoms with Crippen LogP contribution in [-0.2, 0) is 0 Å². The zero-order valence-electron chi connectivity index (χ0n) is 14.2. The Hall–Kier alpha value is -3.21. The average molecular weight is 332 g/mol. The number of amides is 1. The van der Waals surface area contributed by atoms with Crippen LogP contribution in [0.3, 0.4) is 0 Å². The van der Waals surface area contributed by atoms with Gasteiger partial charge in [0, 0.05) is 17.6 Å². The number of rotatable bonds is 5. The van der Waals surface area contributed by atoms with Gasteiger partial charge in [0.2, 0.25) is 5.95 Å². The van der Waals surface area contributed by atoms with Crippen molar-refractivity contribution < 1.29 is 4.79 Å². The Bertz CT molecular complexity index is 862. The van der Waals surface area contributed by atoms with Crippen molar-refractivity contribution in [2.24, 2.45) is 0 Å². The van der Waals surface area contributed by atoms with Crippen molar-refractivity contribution in [1.82, 2.24) is 9.97 Å². The fourth-order valence-corrected chi connectivity index (χ4v) is 2.50. The molecule has 0 aliphatic carbocycles. The Kier molecular flexibility index (Phi) is 5.04. The van der Waals surface area contributed by atoms with Crippen molar-refractivity contribution in [3.05, 3.63) is 78.1 Å². The van der Waals surface area contributed by atoms with Crippen molar-refractivity contribution in [3.8, 4) is 0 Å². The largest absolute Gasteiger partial charge is 0.324 e. The summed E-state index contributed by atoms with van der Waals surface area (Å²) in [5.74, 6) is 0.496. The van der Waals surface area contributed by atoms with Gasteiger partial charge in [0.15, 0.2) is 0 Å². The standard InChI is InChI=1S/C20H20N4O/c1-14(2)16-10-6-7-11-17(16)23-20-21-13-12-18(24-20)19(25)22-15-8-4-3-5-9-15/h3-14H,1-2H3,(H,22,25)(H,21,23,24). The lowest BCUT2D eigenvalue weighted by Crippen LogP contribution is -2.14. The third-order valence-corrected chi connectivity index (χ3v) is 3.75. The lowest BCUT2D eigenvalue weighted by molar-refractivity contribution is 0.102. The number of hydrogen-bond donors (Lipinski definition) is 2. The normalized spacial score (nSPS) is 10.5. The molecule has 5 heteroatoms. The van der Waals surface area contributed by atoms with Crippen LogP contribution in [0.15, 0.2) is 66.9 Å². The Balaban J connectivity index is 1.79. The second-order valence-electron chi connectivity index (χ2n) is 5.95. The van der Waals surface area contributed by atoms with Gasteiger partial charge in [-0.05, 0) is 35.7 Å². The van der Waals surface area contributed by atoms with Gasteiger partial charge in [-0.25, -0.2) is 9.97 Å². The average Bonchev–Trinajstić information content (AvgIpc) is 2.63. The summed E-state index contributed by atoms with van der Waals surface area (Å²) in [6.07, 6.45) is 1.58. The molecule has 0 fully saturated rings. The van der Waals surface area contributed by atoms with Gasteiger partial charge in [-0.1, -0.05) is 50.2 Å². The van der Waals surface area contributed by atoms with Gasteiger partial charge in [0.25, 0.3) is 5.91 Å². The quantitative estimate of drug-likeness (QED) is 0.717. The van der Waals surface area contributed by atoms with Crippen molar-refractivity contribution in [3.63, 3.8) is 0 Å². The molecular formula is C20H20N4O. The van der Waals surface area contributed by atoms with E-state index >= 15 is 0 Å². The van der Waals surface area contributed by atoms with E-state index in [1.807, 2.05) is 48.5 Å². The van der Waals surface area contributed by atoms with Crippen LogP contribution < -0.4 is 10.6 Å². The van der Waals surface area contributed by atoms with E-state index < -0.39 is 0 Å². The predicted octanol–water partition coefficient (Wildman–Crippen LogP) is 4.60. The van der Waals surface area contributed by atoms with Gasteiger partial charge in [-0.2, -0.15) is 0 Å². The highest BCUT2D eigenvalue weighted by Gasteiger charge is 2.11. The van der Waals surface area contributed by atoms with Crippen LogP contribution in [-0.4, -0.2) is 15.9 Å². The number of nitrogens with one attached hydrogen (secondary N) is 2. The summed E-state index contributed by atoms with van der Waals surface area (Å²) >= 11 is 0. The minimum absolute atomic E-state index is 0.270. The summed E-state index contributed by atoms with van der Waals surface area (Å²) in [6.45, 7) is 4.26. The molecule has 0 spiro atoms. The van der Waals surface area contributed by atoms with Crippen LogP contribution >= 0.6 is 0 Å². The van der Waals surface area contributed by atoms with Gasteiger partial charge in [0.05, 0.1) is 0 Å². The molecular weight excluding hydrogens is 312 g/mol. The first-order chi connectivity index (χ1) is 12.1. The highest BCUT2D eigenvalue weighted by atomic mass is 16.1. The van der Waals surface area contributed by atoms with Crippen LogP contribution in [0.4, 0.5) is 17.3 Å². The number of para-hydroxylation sites is 2. The molecule has 0 aliphatic heterocycles. The maximum atomic E-state index is 12.4. The lowest BCUT2D eigenvalue weighted by Gasteiger charge is -2.13. The van der Waals surface area contributed by atoms with Crippen LogP contribution in [0.25, 0.3) is 0 Å². The van der Waals surface area contributed by atoms with E-state index in [0.717, 1.165) is 11.4 Å². The molecule has 1 aromatic heterocycles. The second-order valence-corrected chi connectivity index (χ2v) is 5.95. The predicted molar refractivity (Wildman–Crippen MR) is 100 cm³/mol. The summed E-state index contributed by atoms with van der Waals surface area (Å²) in [4.78, 5) is 20.9. The maximum Gasteiger partial charge on any atom is 0.274 e. The number of anilines is 3. The molecule has 3 aromatic rings. The lowest BCUT2D eigenvalue weighted by atomic mass is 10.0. The van der Waals surface area contributed by atoms with Gasteiger partial charge < -0.3 is 10.6 Å². The summed E-state index contributed by atoms with van der Waals surface area (Å²) in [6, 6.07) is 18.9. The number of benzene rings is 2. The highest BCUT2D eigenvalue weighted by molar-refractivity contribution is 6.02. The summed E-state index contributed by atoms with van der Waals surface area (Å²) in [5, 5.41) is 6.03. The molecule has 2 N–H and O–H groups in total. The van der Waals surface area contributed by atoms with E-state index in [1.165, 1.54) is 5.56 Å². The summed E-state index contributed by atoms with van der Waals surface area (Å²) < 4.78 is 0. The third-order valence-electron chi connectivity index (χ3n) is 3.75. The minimum Gasteiger partial charge on any atom is -0.324 e. The van der Waals surface area contributed by atoms with Gasteiger partial charge >= 0.3 is 0 Å². The van der Waals surface area contributed by atoms with E-state index in [9.17, 15) is 4.79 Å². The molecule has 0 atom stereocenters. The first-order valence-electron chi connectivity index (χ1n) is 8.19. The number of carbonyl (C=O) groups is 1. The second kappa shape index (κ2) is 7.57. The Morgan fingerprint density at radius 3 is 2.44 bits per heavy atom. The molecule has 0 saturated carbocycles. The van der Waals surface area contributed by atoms with E-state index in [0.29, 0.717) is 17.6 Å². The topological polar surface area (TPSA) is 66.9 Å². The molecule has 0 aliphatic rings. The fourth-order valence-electron chi connectivity index (χ4n) is 2.50. The number of aromatic nitrogens is 2. The Labute approximate surface area is 147 Å². The van der Waals surface area contributed by atoms with Crippen LogP contribution in [0.1, 0.15) is 35.8 Å². The molecule has 0 saturated heterocycles. The maximum absolute atomic E-state index is 12.4. The van der Waals surface area contributed by atoms with E-state index in [1.54, 1.807) is 12.3 Å². The van der Waals surface area contributed by atoms with E-state index in [2.05, 4.69) is 40.5 Å². The molecule has 25 heavy (non-hydrogen) atoms. The molecule has 1 amide bonds. The molecule has 0 radical (unpaired) electrons. The molecule has 1 heterocycles. The van der Waals surface area contributed by atoms with Gasteiger partial charge in [-0.3, -0.25) is 4.79 Å². The summed E-state index contributed by atoms with van der Waals surface area (Å²) in [7, 11) is 0. The summed E-state index contributed by atoms with van der Waals surface area (Å²) in [5.41, 5.74) is 3.15. The highest BCUT2D eigenvalue weighted by Crippen LogP contribution is 2.25. The Morgan fingerprint density at radius 2 is 1.68 bits per heavy atom. The van der Waals surface area contributed by atoms with Crippen molar-refractivity contribution >= 4 is 23.2 Å². The van der Waals surface area contributed by atoms with Crippen LogP contribution in [0.5, 0.6) is 0 Å². The smallest absolute Gasteiger partial charge is 0.274 e. The number of hydrogen-bond acceptors (Lipinski definition) is 4. The Morgan fingerprint density at radius 1 is 0.960 bits per heavy atom.